The third kappa shape index (κ3) is 2.82. The molecular formula is C11H11F3O2. The molecule has 0 radical (unpaired) electrons. The second kappa shape index (κ2) is 4.25. The van der Waals surface area contributed by atoms with E-state index in [1.165, 1.54) is 19.1 Å². The first-order valence-corrected chi connectivity index (χ1v) is 4.61. The van der Waals surface area contributed by atoms with E-state index in [-0.39, 0.29) is 12.0 Å². The number of hydrogen-bond donors (Lipinski definition) is 1. The van der Waals surface area contributed by atoms with E-state index < -0.39 is 17.3 Å². The Kier molecular flexibility index (Phi) is 3.38. The van der Waals surface area contributed by atoms with Gasteiger partial charge in [0.05, 0.1) is 11.2 Å². The van der Waals surface area contributed by atoms with Crippen LogP contribution in [0.1, 0.15) is 24.5 Å². The molecule has 0 bridgehead atoms. The summed E-state index contributed by atoms with van der Waals surface area (Å²) in [6.07, 6.45) is -4.02. The van der Waals surface area contributed by atoms with Gasteiger partial charge in [-0.3, -0.25) is 0 Å². The number of rotatable bonds is 3. The monoisotopic (exact) mass is 232 g/mol. The highest BCUT2D eigenvalue weighted by molar-refractivity contribution is 5.52. The van der Waals surface area contributed by atoms with E-state index in [1.54, 1.807) is 0 Å². The molecule has 0 spiro atoms. The Morgan fingerprint density at radius 1 is 1.19 bits per heavy atom. The lowest BCUT2D eigenvalue weighted by Gasteiger charge is -2.21. The fourth-order valence-electron chi connectivity index (χ4n) is 1.30. The molecule has 0 amide bonds. The number of carbonyl (C=O) groups excluding carboxylic acids is 1. The van der Waals surface area contributed by atoms with Crippen molar-refractivity contribution in [1.29, 1.82) is 0 Å². The number of benzene rings is 1. The van der Waals surface area contributed by atoms with Crippen molar-refractivity contribution in [3.8, 4) is 0 Å². The quantitative estimate of drug-likeness (QED) is 0.813. The number of aldehydes is 1. The Labute approximate surface area is 90.7 Å². The molecule has 1 N–H and O–H groups in total. The largest absolute Gasteiger partial charge is 0.416 e. The van der Waals surface area contributed by atoms with Crippen LogP contribution in [-0.2, 0) is 16.6 Å². The third-order valence-electron chi connectivity index (χ3n) is 2.31. The average molecular weight is 232 g/mol. The van der Waals surface area contributed by atoms with Crippen molar-refractivity contribution in [3.63, 3.8) is 0 Å². The predicted octanol–water partition coefficient (Wildman–Crippen LogP) is 2.50. The second-order valence-corrected chi connectivity index (χ2v) is 3.72. The van der Waals surface area contributed by atoms with Crippen molar-refractivity contribution in [3.05, 3.63) is 35.4 Å². The molecule has 1 rings (SSSR count). The number of carbonyl (C=O) groups is 1. The second-order valence-electron chi connectivity index (χ2n) is 3.72. The van der Waals surface area contributed by atoms with E-state index in [1.807, 2.05) is 0 Å². The summed E-state index contributed by atoms with van der Waals surface area (Å²) in [4.78, 5) is 10.3. The summed E-state index contributed by atoms with van der Waals surface area (Å²) in [6.45, 7) is 1.38. The van der Waals surface area contributed by atoms with Crippen LogP contribution in [0.4, 0.5) is 13.2 Å². The first-order chi connectivity index (χ1) is 7.27. The highest BCUT2D eigenvalue weighted by Crippen LogP contribution is 2.31. The molecule has 0 aromatic heterocycles. The number of aliphatic hydroxyl groups is 1. The van der Waals surface area contributed by atoms with Crippen molar-refractivity contribution in [2.45, 2.75) is 25.1 Å². The van der Waals surface area contributed by atoms with Gasteiger partial charge in [0.15, 0.2) is 0 Å². The van der Waals surface area contributed by atoms with Gasteiger partial charge in [0.25, 0.3) is 0 Å². The molecular weight excluding hydrogens is 221 g/mol. The van der Waals surface area contributed by atoms with Crippen molar-refractivity contribution >= 4 is 6.29 Å². The van der Waals surface area contributed by atoms with Gasteiger partial charge in [-0.05, 0) is 24.6 Å². The lowest BCUT2D eigenvalue weighted by Crippen LogP contribution is -2.21. The molecule has 1 unspecified atom stereocenters. The van der Waals surface area contributed by atoms with Gasteiger partial charge in [-0.15, -0.1) is 0 Å². The van der Waals surface area contributed by atoms with Crippen LogP contribution in [-0.4, -0.2) is 11.4 Å². The van der Waals surface area contributed by atoms with Gasteiger partial charge in [-0.1, -0.05) is 12.1 Å². The highest BCUT2D eigenvalue weighted by Gasteiger charge is 2.31. The lowest BCUT2D eigenvalue weighted by atomic mass is 9.92. The van der Waals surface area contributed by atoms with Crippen molar-refractivity contribution in [1.82, 2.24) is 0 Å². The van der Waals surface area contributed by atoms with E-state index in [4.69, 9.17) is 0 Å². The summed E-state index contributed by atoms with van der Waals surface area (Å²) >= 11 is 0. The maximum Gasteiger partial charge on any atom is 0.416 e. The van der Waals surface area contributed by atoms with Crippen molar-refractivity contribution < 1.29 is 23.1 Å². The predicted molar refractivity (Wildman–Crippen MR) is 51.7 cm³/mol. The van der Waals surface area contributed by atoms with Crippen LogP contribution in [0.3, 0.4) is 0 Å². The minimum Gasteiger partial charge on any atom is -0.385 e. The van der Waals surface area contributed by atoms with Crippen LogP contribution in [0.25, 0.3) is 0 Å². The molecule has 2 nitrogen and oxygen atoms in total. The summed E-state index contributed by atoms with van der Waals surface area (Å²) < 4.78 is 36.7. The van der Waals surface area contributed by atoms with Gasteiger partial charge in [0.1, 0.15) is 6.29 Å². The van der Waals surface area contributed by atoms with Crippen LogP contribution in [0.15, 0.2) is 24.3 Å². The van der Waals surface area contributed by atoms with Crippen molar-refractivity contribution in [2.75, 3.05) is 0 Å². The van der Waals surface area contributed by atoms with E-state index in [2.05, 4.69) is 0 Å². The zero-order valence-corrected chi connectivity index (χ0v) is 8.58. The zero-order chi connectivity index (χ0) is 12.4. The first kappa shape index (κ1) is 12.7. The molecule has 88 valence electrons. The molecule has 0 aliphatic rings. The molecule has 0 fully saturated rings. The third-order valence-corrected chi connectivity index (χ3v) is 2.31. The molecule has 0 aliphatic heterocycles. The number of hydrogen-bond acceptors (Lipinski definition) is 2. The van der Waals surface area contributed by atoms with Crippen molar-refractivity contribution in [2.24, 2.45) is 0 Å². The summed E-state index contributed by atoms with van der Waals surface area (Å²) in [5.74, 6) is 0. The Morgan fingerprint density at radius 3 is 2.00 bits per heavy atom. The van der Waals surface area contributed by atoms with Gasteiger partial charge in [0, 0.05) is 6.42 Å². The maximum absolute atomic E-state index is 12.2. The Hall–Kier alpha value is -1.36. The lowest BCUT2D eigenvalue weighted by molar-refractivity contribution is -0.137. The van der Waals surface area contributed by atoms with E-state index in [9.17, 15) is 23.1 Å². The molecule has 5 heteroatoms. The fourth-order valence-corrected chi connectivity index (χ4v) is 1.30. The topological polar surface area (TPSA) is 37.3 Å². The minimum absolute atomic E-state index is 0.154. The molecule has 1 aromatic carbocycles. The Morgan fingerprint density at radius 2 is 1.62 bits per heavy atom. The Balaban J connectivity index is 2.99. The van der Waals surface area contributed by atoms with Gasteiger partial charge in [-0.25, -0.2) is 0 Å². The van der Waals surface area contributed by atoms with Crippen LogP contribution in [0.2, 0.25) is 0 Å². The van der Waals surface area contributed by atoms with E-state index >= 15 is 0 Å². The molecule has 0 aliphatic carbocycles. The maximum atomic E-state index is 12.2. The van der Waals surface area contributed by atoms with Gasteiger partial charge < -0.3 is 9.90 Å². The minimum atomic E-state index is -4.39. The smallest absolute Gasteiger partial charge is 0.385 e. The van der Waals surface area contributed by atoms with Crippen LogP contribution in [0.5, 0.6) is 0 Å². The van der Waals surface area contributed by atoms with Crippen LogP contribution < -0.4 is 0 Å². The molecule has 1 aromatic rings. The normalized spacial score (nSPS) is 15.6. The standard InChI is InChI=1S/C11H11F3O2/c1-10(16,6-7-15)8-2-4-9(5-3-8)11(12,13)14/h2-5,7,16H,6H2,1H3. The average Bonchev–Trinajstić information content (AvgIpc) is 2.16. The Bertz CT molecular complexity index is 366. The van der Waals surface area contributed by atoms with E-state index in [0.29, 0.717) is 6.29 Å². The van der Waals surface area contributed by atoms with Gasteiger partial charge in [-0.2, -0.15) is 13.2 Å². The molecule has 0 saturated carbocycles. The van der Waals surface area contributed by atoms with Crippen LogP contribution in [0, 0.1) is 0 Å². The fraction of sp³-hybridized carbons (Fsp3) is 0.364. The molecule has 0 saturated heterocycles. The summed E-state index contributed by atoms with van der Waals surface area (Å²) in [5.41, 5.74) is -1.92. The first-order valence-electron chi connectivity index (χ1n) is 4.61. The highest BCUT2D eigenvalue weighted by atomic mass is 19.4. The van der Waals surface area contributed by atoms with Gasteiger partial charge >= 0.3 is 6.18 Å². The van der Waals surface area contributed by atoms with E-state index in [0.717, 1.165) is 12.1 Å². The summed E-state index contributed by atoms with van der Waals surface area (Å²) in [5, 5.41) is 9.77. The molecule has 1 atom stereocenters. The number of halogens is 3. The SMILES string of the molecule is CC(O)(CC=O)c1ccc(C(F)(F)F)cc1. The number of alkyl halides is 3. The molecule has 16 heavy (non-hydrogen) atoms. The summed E-state index contributed by atoms with van der Waals surface area (Å²) in [6, 6.07) is 4.11. The van der Waals surface area contributed by atoms with Gasteiger partial charge in [0.2, 0.25) is 0 Å². The zero-order valence-electron chi connectivity index (χ0n) is 8.58. The van der Waals surface area contributed by atoms with Crippen LogP contribution >= 0.6 is 0 Å². The summed E-state index contributed by atoms with van der Waals surface area (Å²) in [7, 11) is 0. The molecule has 0 heterocycles.